The second-order valence-electron chi connectivity index (χ2n) is 2.92. The lowest BCUT2D eigenvalue weighted by Gasteiger charge is -2.12. The van der Waals surface area contributed by atoms with Crippen LogP contribution < -0.4 is 0 Å². The van der Waals surface area contributed by atoms with E-state index in [1.165, 1.54) is 0 Å². The molecule has 0 aromatic heterocycles. The van der Waals surface area contributed by atoms with Gasteiger partial charge in [0.15, 0.2) is 0 Å². The molecular weight excluding hydrogens is 152 g/mol. The monoisotopic (exact) mass is 166 g/mol. The predicted octanol–water partition coefficient (Wildman–Crippen LogP) is 1.21. The Bertz CT molecular complexity index is 243. The van der Waals surface area contributed by atoms with E-state index in [0.717, 1.165) is 17.7 Å². The minimum atomic E-state index is 0.172. The average Bonchev–Trinajstić information content (AvgIpc) is 2.29. The second kappa shape index (κ2) is 3.52. The standard InChI is InChI=1S/C9H14N2O/c1-4-8-7(6-10-2)5-9(12)11(8)3/h2,4-6H2,1,3H3. The van der Waals surface area contributed by atoms with E-state index in [9.17, 15) is 4.79 Å². The van der Waals surface area contributed by atoms with Crippen molar-refractivity contribution in [2.24, 2.45) is 4.99 Å². The van der Waals surface area contributed by atoms with Crippen LogP contribution in [0.25, 0.3) is 0 Å². The summed E-state index contributed by atoms with van der Waals surface area (Å²) in [5.74, 6) is 0.172. The molecule has 0 bridgehead atoms. The Balaban J connectivity index is 2.85. The Morgan fingerprint density at radius 2 is 2.33 bits per heavy atom. The van der Waals surface area contributed by atoms with Crippen LogP contribution in [0.15, 0.2) is 16.3 Å². The molecule has 0 aromatic rings. The Morgan fingerprint density at radius 3 is 2.83 bits per heavy atom. The molecule has 3 heteroatoms. The second-order valence-corrected chi connectivity index (χ2v) is 2.92. The van der Waals surface area contributed by atoms with Gasteiger partial charge in [0.1, 0.15) is 0 Å². The summed E-state index contributed by atoms with van der Waals surface area (Å²) in [6.45, 7) is 6.07. The van der Waals surface area contributed by atoms with Crippen molar-refractivity contribution in [2.75, 3.05) is 13.6 Å². The van der Waals surface area contributed by atoms with Crippen molar-refractivity contribution in [3.63, 3.8) is 0 Å². The summed E-state index contributed by atoms with van der Waals surface area (Å²) >= 11 is 0. The lowest BCUT2D eigenvalue weighted by atomic mass is 10.1. The molecule has 0 aromatic carbocycles. The normalized spacial score (nSPS) is 17.5. The number of carbonyl (C=O) groups excluding carboxylic acids is 1. The Hall–Kier alpha value is -1.12. The van der Waals surface area contributed by atoms with E-state index >= 15 is 0 Å². The van der Waals surface area contributed by atoms with E-state index in [0.29, 0.717) is 13.0 Å². The molecule has 3 nitrogen and oxygen atoms in total. The fourth-order valence-electron chi connectivity index (χ4n) is 1.56. The number of aliphatic imine (C=N–C) groups is 1. The van der Waals surface area contributed by atoms with Gasteiger partial charge in [0.05, 0.1) is 13.0 Å². The lowest BCUT2D eigenvalue weighted by Crippen LogP contribution is -2.19. The van der Waals surface area contributed by atoms with E-state index < -0.39 is 0 Å². The molecule has 0 radical (unpaired) electrons. The highest BCUT2D eigenvalue weighted by atomic mass is 16.2. The number of carbonyl (C=O) groups is 1. The number of nitrogens with zero attached hydrogens (tertiary/aromatic N) is 2. The first-order valence-electron chi connectivity index (χ1n) is 4.10. The Morgan fingerprint density at radius 1 is 1.67 bits per heavy atom. The fraction of sp³-hybridized carbons (Fsp3) is 0.556. The third-order valence-electron chi connectivity index (χ3n) is 2.19. The molecule has 1 rings (SSSR count). The number of amides is 1. The molecule has 1 aliphatic heterocycles. The highest BCUT2D eigenvalue weighted by Gasteiger charge is 2.24. The summed E-state index contributed by atoms with van der Waals surface area (Å²) in [6, 6.07) is 0. The van der Waals surface area contributed by atoms with E-state index in [-0.39, 0.29) is 5.91 Å². The van der Waals surface area contributed by atoms with Gasteiger partial charge in [-0.1, -0.05) is 6.92 Å². The highest BCUT2D eigenvalue weighted by Crippen LogP contribution is 2.24. The number of hydrogen-bond donors (Lipinski definition) is 0. The third kappa shape index (κ3) is 1.40. The van der Waals surface area contributed by atoms with Crippen LogP contribution in [-0.2, 0) is 4.79 Å². The molecule has 0 aliphatic carbocycles. The van der Waals surface area contributed by atoms with Crippen LogP contribution in [-0.4, -0.2) is 31.1 Å². The van der Waals surface area contributed by atoms with Gasteiger partial charge in [-0.25, -0.2) is 0 Å². The predicted molar refractivity (Wildman–Crippen MR) is 49.1 cm³/mol. The molecular formula is C9H14N2O. The zero-order valence-corrected chi connectivity index (χ0v) is 7.63. The van der Waals surface area contributed by atoms with E-state index in [1.54, 1.807) is 4.90 Å². The van der Waals surface area contributed by atoms with Crippen molar-refractivity contribution in [1.82, 2.24) is 4.90 Å². The molecule has 12 heavy (non-hydrogen) atoms. The van der Waals surface area contributed by atoms with Crippen LogP contribution in [0.1, 0.15) is 19.8 Å². The van der Waals surface area contributed by atoms with Crippen LogP contribution in [0.5, 0.6) is 0 Å². The zero-order chi connectivity index (χ0) is 9.14. The van der Waals surface area contributed by atoms with Crippen LogP contribution >= 0.6 is 0 Å². The third-order valence-corrected chi connectivity index (χ3v) is 2.19. The van der Waals surface area contributed by atoms with E-state index in [1.807, 2.05) is 14.0 Å². The van der Waals surface area contributed by atoms with Gasteiger partial charge in [-0.15, -0.1) is 0 Å². The average molecular weight is 166 g/mol. The Kier molecular flexibility index (Phi) is 2.63. The SMILES string of the molecule is C=NCC1=C(CC)N(C)C(=O)C1. The van der Waals surface area contributed by atoms with E-state index in [2.05, 4.69) is 11.7 Å². The summed E-state index contributed by atoms with van der Waals surface area (Å²) in [6.07, 6.45) is 1.42. The van der Waals surface area contributed by atoms with Crippen molar-refractivity contribution >= 4 is 12.6 Å². The zero-order valence-electron chi connectivity index (χ0n) is 7.63. The largest absolute Gasteiger partial charge is 0.319 e. The van der Waals surface area contributed by atoms with Gasteiger partial charge in [0.2, 0.25) is 5.91 Å². The van der Waals surface area contributed by atoms with Crippen molar-refractivity contribution in [3.8, 4) is 0 Å². The van der Waals surface area contributed by atoms with Gasteiger partial charge >= 0.3 is 0 Å². The summed E-state index contributed by atoms with van der Waals surface area (Å²) in [7, 11) is 1.82. The molecule has 1 aliphatic rings. The van der Waals surface area contributed by atoms with Gasteiger partial charge in [-0.05, 0) is 18.7 Å². The first kappa shape index (κ1) is 8.97. The molecule has 0 saturated heterocycles. The van der Waals surface area contributed by atoms with Crippen LogP contribution in [0, 0.1) is 0 Å². The molecule has 0 fully saturated rings. The minimum absolute atomic E-state index is 0.172. The van der Waals surface area contributed by atoms with Gasteiger partial charge in [0, 0.05) is 12.7 Å². The summed E-state index contributed by atoms with van der Waals surface area (Å²) in [5.41, 5.74) is 2.24. The fourth-order valence-corrected chi connectivity index (χ4v) is 1.56. The maximum absolute atomic E-state index is 11.3. The minimum Gasteiger partial charge on any atom is -0.319 e. The molecule has 0 atom stereocenters. The quantitative estimate of drug-likeness (QED) is 0.580. The van der Waals surface area contributed by atoms with Crippen molar-refractivity contribution in [2.45, 2.75) is 19.8 Å². The molecule has 0 spiro atoms. The molecule has 1 amide bonds. The van der Waals surface area contributed by atoms with Crippen LogP contribution in [0.4, 0.5) is 0 Å². The molecule has 66 valence electrons. The number of allylic oxidation sites excluding steroid dienone is 1. The summed E-state index contributed by atoms with van der Waals surface area (Å²) in [4.78, 5) is 16.8. The highest BCUT2D eigenvalue weighted by molar-refractivity contribution is 5.84. The number of hydrogen-bond acceptors (Lipinski definition) is 2. The maximum Gasteiger partial charge on any atom is 0.230 e. The van der Waals surface area contributed by atoms with E-state index in [4.69, 9.17) is 0 Å². The number of rotatable bonds is 3. The van der Waals surface area contributed by atoms with Crippen LogP contribution in [0.3, 0.4) is 0 Å². The maximum atomic E-state index is 11.3. The molecule has 0 unspecified atom stereocenters. The lowest BCUT2D eigenvalue weighted by molar-refractivity contribution is -0.126. The topological polar surface area (TPSA) is 32.7 Å². The molecule has 0 N–H and O–H groups in total. The van der Waals surface area contributed by atoms with Gasteiger partial charge in [0.25, 0.3) is 0 Å². The first-order valence-corrected chi connectivity index (χ1v) is 4.10. The van der Waals surface area contributed by atoms with Crippen molar-refractivity contribution in [3.05, 3.63) is 11.3 Å². The molecule has 1 heterocycles. The molecule has 0 saturated carbocycles. The summed E-state index contributed by atoms with van der Waals surface area (Å²) < 4.78 is 0. The van der Waals surface area contributed by atoms with Crippen molar-refractivity contribution < 1.29 is 4.79 Å². The van der Waals surface area contributed by atoms with Crippen molar-refractivity contribution in [1.29, 1.82) is 0 Å². The van der Waals surface area contributed by atoms with Gasteiger partial charge < -0.3 is 4.90 Å². The Labute approximate surface area is 72.8 Å². The van der Waals surface area contributed by atoms with Gasteiger partial charge in [-0.3, -0.25) is 9.79 Å². The van der Waals surface area contributed by atoms with Gasteiger partial charge in [-0.2, -0.15) is 0 Å². The smallest absolute Gasteiger partial charge is 0.230 e. The first-order chi connectivity index (χ1) is 5.70. The van der Waals surface area contributed by atoms with Crippen LogP contribution in [0.2, 0.25) is 0 Å². The summed E-state index contributed by atoms with van der Waals surface area (Å²) in [5, 5.41) is 0.